The van der Waals surface area contributed by atoms with Crippen LogP contribution in [0, 0.1) is 0 Å². The lowest BCUT2D eigenvalue weighted by molar-refractivity contribution is 0.105. The molecular formula is C10H13NO. The molecule has 2 nitrogen and oxygen atoms in total. The number of fused-ring (bicyclic) bond motifs is 1. The van der Waals surface area contributed by atoms with Gasteiger partial charge in [-0.15, -0.1) is 0 Å². The number of rotatable bonds is 1. The minimum absolute atomic E-state index is 0.267. The van der Waals surface area contributed by atoms with Crippen molar-refractivity contribution in [2.75, 3.05) is 12.8 Å². The Morgan fingerprint density at radius 3 is 3.08 bits per heavy atom. The normalized spacial score (nSPS) is 20.9. The first-order chi connectivity index (χ1) is 5.83. The molecule has 0 aliphatic heterocycles. The first-order valence-electron chi connectivity index (χ1n) is 4.23. The average Bonchev–Trinajstić information content (AvgIpc) is 2.49. The molecule has 2 rings (SSSR count). The number of methoxy groups -OCH3 is 1. The van der Waals surface area contributed by atoms with Crippen LogP contribution in [-0.4, -0.2) is 7.11 Å². The van der Waals surface area contributed by atoms with Crippen LogP contribution >= 0.6 is 0 Å². The SMILES string of the molecule is COC1CCc2c(N)cccc21. The third kappa shape index (κ3) is 0.994. The summed E-state index contributed by atoms with van der Waals surface area (Å²) in [5, 5.41) is 0. The van der Waals surface area contributed by atoms with E-state index in [0.29, 0.717) is 0 Å². The van der Waals surface area contributed by atoms with Gasteiger partial charge >= 0.3 is 0 Å². The van der Waals surface area contributed by atoms with Crippen molar-refractivity contribution in [2.45, 2.75) is 18.9 Å². The van der Waals surface area contributed by atoms with E-state index in [4.69, 9.17) is 10.5 Å². The standard InChI is InChI=1S/C10H13NO/c1-12-10-6-5-7-8(10)3-2-4-9(7)11/h2-4,10H,5-6,11H2,1H3. The van der Waals surface area contributed by atoms with Crippen molar-refractivity contribution >= 4 is 5.69 Å². The van der Waals surface area contributed by atoms with Gasteiger partial charge in [0.2, 0.25) is 0 Å². The van der Waals surface area contributed by atoms with Gasteiger partial charge in [-0.1, -0.05) is 12.1 Å². The predicted molar refractivity (Wildman–Crippen MR) is 48.9 cm³/mol. The number of ether oxygens (including phenoxy) is 1. The zero-order valence-electron chi connectivity index (χ0n) is 7.21. The Morgan fingerprint density at radius 1 is 1.50 bits per heavy atom. The summed E-state index contributed by atoms with van der Waals surface area (Å²) in [4.78, 5) is 0. The highest BCUT2D eigenvalue weighted by molar-refractivity contribution is 5.53. The van der Waals surface area contributed by atoms with Crippen LogP contribution in [0.5, 0.6) is 0 Å². The minimum Gasteiger partial charge on any atom is -0.398 e. The summed E-state index contributed by atoms with van der Waals surface area (Å²) in [6, 6.07) is 6.05. The van der Waals surface area contributed by atoms with Gasteiger partial charge in [0.15, 0.2) is 0 Å². The smallest absolute Gasteiger partial charge is 0.0827 e. The second-order valence-electron chi connectivity index (χ2n) is 3.18. The van der Waals surface area contributed by atoms with Crippen molar-refractivity contribution < 1.29 is 4.74 Å². The van der Waals surface area contributed by atoms with Crippen molar-refractivity contribution in [3.05, 3.63) is 29.3 Å². The van der Waals surface area contributed by atoms with Gasteiger partial charge in [-0.05, 0) is 30.0 Å². The maximum absolute atomic E-state index is 5.83. The minimum atomic E-state index is 0.267. The number of nitrogen functional groups attached to an aromatic ring is 1. The molecule has 0 fully saturated rings. The van der Waals surface area contributed by atoms with Crippen molar-refractivity contribution in [1.82, 2.24) is 0 Å². The second-order valence-corrected chi connectivity index (χ2v) is 3.18. The van der Waals surface area contributed by atoms with Crippen LogP contribution in [0.1, 0.15) is 23.7 Å². The van der Waals surface area contributed by atoms with Gasteiger partial charge in [-0.2, -0.15) is 0 Å². The molecule has 1 aromatic rings. The number of hydrogen-bond acceptors (Lipinski definition) is 2. The molecule has 1 aromatic carbocycles. The fourth-order valence-electron chi connectivity index (χ4n) is 1.89. The third-order valence-electron chi connectivity index (χ3n) is 2.54. The molecular weight excluding hydrogens is 150 g/mol. The summed E-state index contributed by atoms with van der Waals surface area (Å²) in [5.74, 6) is 0. The van der Waals surface area contributed by atoms with Gasteiger partial charge < -0.3 is 10.5 Å². The van der Waals surface area contributed by atoms with E-state index in [-0.39, 0.29) is 6.10 Å². The molecule has 0 spiro atoms. The zero-order chi connectivity index (χ0) is 8.55. The van der Waals surface area contributed by atoms with Crippen molar-refractivity contribution in [2.24, 2.45) is 0 Å². The number of benzene rings is 1. The topological polar surface area (TPSA) is 35.2 Å². The molecule has 64 valence electrons. The van der Waals surface area contributed by atoms with E-state index < -0.39 is 0 Å². The fraction of sp³-hybridized carbons (Fsp3) is 0.400. The maximum Gasteiger partial charge on any atom is 0.0827 e. The summed E-state index contributed by atoms with van der Waals surface area (Å²) in [5.41, 5.74) is 9.30. The summed E-state index contributed by atoms with van der Waals surface area (Å²) in [7, 11) is 1.75. The second kappa shape index (κ2) is 2.79. The monoisotopic (exact) mass is 163 g/mol. The van der Waals surface area contributed by atoms with Gasteiger partial charge in [0.1, 0.15) is 0 Å². The molecule has 0 saturated carbocycles. The summed E-state index contributed by atoms with van der Waals surface area (Å²) in [6.45, 7) is 0. The van der Waals surface area contributed by atoms with E-state index in [0.717, 1.165) is 18.5 Å². The first-order valence-corrected chi connectivity index (χ1v) is 4.23. The van der Waals surface area contributed by atoms with Crippen molar-refractivity contribution in [1.29, 1.82) is 0 Å². The summed E-state index contributed by atoms with van der Waals surface area (Å²) >= 11 is 0. The lowest BCUT2D eigenvalue weighted by Crippen LogP contribution is -1.96. The Balaban J connectivity index is 2.46. The fourth-order valence-corrected chi connectivity index (χ4v) is 1.89. The zero-order valence-corrected chi connectivity index (χ0v) is 7.21. The van der Waals surface area contributed by atoms with Gasteiger partial charge in [-0.3, -0.25) is 0 Å². The molecule has 0 heterocycles. The molecule has 1 aliphatic carbocycles. The van der Waals surface area contributed by atoms with Gasteiger partial charge in [0.05, 0.1) is 6.10 Å². The molecule has 1 unspecified atom stereocenters. The highest BCUT2D eigenvalue weighted by Gasteiger charge is 2.22. The van der Waals surface area contributed by atoms with Crippen molar-refractivity contribution in [3.63, 3.8) is 0 Å². The summed E-state index contributed by atoms with van der Waals surface area (Å²) < 4.78 is 5.34. The Morgan fingerprint density at radius 2 is 2.33 bits per heavy atom. The Kier molecular flexibility index (Phi) is 1.77. The number of hydrogen-bond donors (Lipinski definition) is 1. The predicted octanol–water partition coefficient (Wildman–Crippen LogP) is 1.90. The van der Waals surface area contributed by atoms with E-state index in [9.17, 15) is 0 Å². The van der Waals surface area contributed by atoms with Crippen LogP contribution in [0.4, 0.5) is 5.69 Å². The highest BCUT2D eigenvalue weighted by Crippen LogP contribution is 2.36. The van der Waals surface area contributed by atoms with E-state index in [2.05, 4.69) is 6.07 Å². The largest absolute Gasteiger partial charge is 0.398 e. The van der Waals surface area contributed by atoms with Crippen LogP contribution in [0.2, 0.25) is 0 Å². The van der Waals surface area contributed by atoms with Crippen LogP contribution in [0.3, 0.4) is 0 Å². The molecule has 2 N–H and O–H groups in total. The van der Waals surface area contributed by atoms with Crippen molar-refractivity contribution in [3.8, 4) is 0 Å². The van der Waals surface area contributed by atoms with E-state index >= 15 is 0 Å². The van der Waals surface area contributed by atoms with Gasteiger partial charge in [0.25, 0.3) is 0 Å². The Labute approximate surface area is 72.3 Å². The quantitative estimate of drug-likeness (QED) is 0.642. The number of anilines is 1. The molecule has 0 aromatic heterocycles. The van der Waals surface area contributed by atoms with Gasteiger partial charge in [0, 0.05) is 12.8 Å². The molecule has 0 radical (unpaired) electrons. The Hall–Kier alpha value is -1.02. The lowest BCUT2D eigenvalue weighted by Gasteiger charge is -2.08. The highest BCUT2D eigenvalue weighted by atomic mass is 16.5. The first kappa shape index (κ1) is 7.62. The van der Waals surface area contributed by atoms with E-state index in [1.807, 2.05) is 12.1 Å². The van der Waals surface area contributed by atoms with E-state index in [1.54, 1.807) is 7.11 Å². The third-order valence-corrected chi connectivity index (χ3v) is 2.54. The van der Waals surface area contributed by atoms with Crippen LogP contribution in [-0.2, 0) is 11.2 Å². The van der Waals surface area contributed by atoms with Crippen LogP contribution in [0.15, 0.2) is 18.2 Å². The van der Waals surface area contributed by atoms with Gasteiger partial charge in [-0.25, -0.2) is 0 Å². The maximum atomic E-state index is 5.83. The lowest BCUT2D eigenvalue weighted by atomic mass is 10.1. The molecule has 0 amide bonds. The van der Waals surface area contributed by atoms with Crippen LogP contribution in [0.25, 0.3) is 0 Å². The molecule has 1 aliphatic rings. The molecule has 1 atom stereocenters. The molecule has 0 bridgehead atoms. The molecule has 12 heavy (non-hydrogen) atoms. The summed E-state index contributed by atoms with van der Waals surface area (Å²) in [6.07, 6.45) is 2.39. The average molecular weight is 163 g/mol. The molecule has 2 heteroatoms. The van der Waals surface area contributed by atoms with Crippen LogP contribution < -0.4 is 5.73 Å². The number of nitrogens with two attached hydrogens (primary N) is 1. The molecule has 0 saturated heterocycles. The van der Waals surface area contributed by atoms with E-state index in [1.165, 1.54) is 11.1 Å². The Bertz CT molecular complexity index is 296.